The third-order valence-electron chi connectivity index (χ3n) is 4.81. The molecule has 5 nitrogen and oxygen atoms in total. The second kappa shape index (κ2) is 8.64. The van der Waals surface area contributed by atoms with Crippen molar-refractivity contribution in [1.29, 1.82) is 0 Å². The molecule has 3 rings (SSSR count). The molecule has 0 aromatic heterocycles. The van der Waals surface area contributed by atoms with Crippen LogP contribution in [0.5, 0.6) is 0 Å². The summed E-state index contributed by atoms with van der Waals surface area (Å²) in [5.41, 5.74) is 2.96. The van der Waals surface area contributed by atoms with Crippen molar-refractivity contribution in [2.45, 2.75) is 51.1 Å². The van der Waals surface area contributed by atoms with Crippen LogP contribution in [0.25, 0.3) is 0 Å². The van der Waals surface area contributed by atoms with E-state index in [0.29, 0.717) is 26.7 Å². The van der Waals surface area contributed by atoms with Crippen molar-refractivity contribution in [3.05, 3.63) is 62.6 Å². The largest absolute Gasteiger partial charge is 0.352 e. The first kappa shape index (κ1) is 22.1. The summed E-state index contributed by atoms with van der Waals surface area (Å²) >= 11 is 12.1. The van der Waals surface area contributed by atoms with Crippen LogP contribution in [0.15, 0.2) is 35.2 Å². The van der Waals surface area contributed by atoms with Gasteiger partial charge in [0.2, 0.25) is 15.9 Å². The van der Waals surface area contributed by atoms with Gasteiger partial charge < -0.3 is 5.32 Å². The third-order valence-corrected chi connectivity index (χ3v) is 7.64. The van der Waals surface area contributed by atoms with Gasteiger partial charge in [-0.2, -0.15) is 4.31 Å². The third kappa shape index (κ3) is 5.31. The summed E-state index contributed by atoms with van der Waals surface area (Å²) in [5.74, 6) is -0.307. The summed E-state index contributed by atoms with van der Waals surface area (Å²) in [6.45, 7) is 5.23. The zero-order chi connectivity index (χ0) is 21.3. The Morgan fingerprint density at radius 3 is 2.24 bits per heavy atom. The molecule has 0 saturated heterocycles. The summed E-state index contributed by atoms with van der Waals surface area (Å²) in [5, 5.41) is 3.59. The number of halogens is 2. The molecular weight excluding hydrogens is 431 g/mol. The number of carbonyl (C=O) groups excluding carboxylic acids is 1. The van der Waals surface area contributed by atoms with Crippen molar-refractivity contribution in [2.75, 3.05) is 6.54 Å². The number of benzene rings is 2. The van der Waals surface area contributed by atoms with E-state index in [1.165, 1.54) is 4.31 Å². The van der Waals surface area contributed by atoms with E-state index in [9.17, 15) is 13.2 Å². The predicted octanol–water partition coefficient (Wildman–Crippen LogP) is 4.39. The van der Waals surface area contributed by atoms with E-state index >= 15 is 0 Å². The maximum atomic E-state index is 13.6. The van der Waals surface area contributed by atoms with Crippen LogP contribution in [0.4, 0.5) is 0 Å². The van der Waals surface area contributed by atoms with Crippen molar-refractivity contribution >= 4 is 39.1 Å². The Kier molecular flexibility index (Phi) is 6.58. The maximum Gasteiger partial charge on any atom is 0.244 e. The molecule has 2 aromatic rings. The first-order chi connectivity index (χ1) is 13.6. The van der Waals surface area contributed by atoms with Gasteiger partial charge >= 0.3 is 0 Å². The maximum absolute atomic E-state index is 13.6. The Bertz CT molecular complexity index is 1030. The van der Waals surface area contributed by atoms with Gasteiger partial charge in [-0.3, -0.25) is 4.79 Å². The fourth-order valence-electron chi connectivity index (χ4n) is 3.43. The molecule has 0 radical (unpaired) electrons. The predicted molar refractivity (Wildman–Crippen MR) is 116 cm³/mol. The fraction of sp³-hybridized carbons (Fsp3) is 0.381. The van der Waals surface area contributed by atoms with Crippen molar-refractivity contribution in [2.24, 2.45) is 0 Å². The number of hydrogen-bond donors (Lipinski definition) is 1. The van der Waals surface area contributed by atoms with E-state index < -0.39 is 10.0 Å². The van der Waals surface area contributed by atoms with Crippen LogP contribution >= 0.6 is 23.2 Å². The van der Waals surface area contributed by atoms with Gasteiger partial charge in [-0.05, 0) is 62.4 Å². The molecule has 1 fully saturated rings. The Morgan fingerprint density at radius 2 is 1.69 bits per heavy atom. The van der Waals surface area contributed by atoms with Gasteiger partial charge in [0, 0.05) is 12.6 Å². The van der Waals surface area contributed by atoms with Crippen LogP contribution in [0.3, 0.4) is 0 Å². The summed E-state index contributed by atoms with van der Waals surface area (Å²) in [4.78, 5) is 12.7. The topological polar surface area (TPSA) is 66.5 Å². The Labute approximate surface area is 182 Å². The molecule has 0 spiro atoms. The lowest BCUT2D eigenvalue weighted by molar-refractivity contribution is -0.121. The minimum absolute atomic E-state index is 0.0179. The first-order valence-corrected chi connectivity index (χ1v) is 11.6. The highest BCUT2D eigenvalue weighted by Crippen LogP contribution is 2.28. The van der Waals surface area contributed by atoms with E-state index in [1.54, 1.807) is 32.0 Å². The normalized spacial score (nSPS) is 14.3. The van der Waals surface area contributed by atoms with Crippen LogP contribution in [0.1, 0.15) is 35.1 Å². The number of hydrogen-bond acceptors (Lipinski definition) is 3. The highest BCUT2D eigenvalue weighted by Gasteiger charge is 2.31. The average Bonchev–Trinajstić information content (AvgIpc) is 3.40. The van der Waals surface area contributed by atoms with Crippen LogP contribution in [0, 0.1) is 20.8 Å². The number of nitrogens with one attached hydrogen (secondary N) is 1. The van der Waals surface area contributed by atoms with Gasteiger partial charge in [0.15, 0.2) is 0 Å². The number of aryl methyl sites for hydroxylation is 3. The molecule has 1 amide bonds. The van der Waals surface area contributed by atoms with Gasteiger partial charge in [0.25, 0.3) is 0 Å². The zero-order valence-corrected chi connectivity index (χ0v) is 19.0. The number of carbonyl (C=O) groups is 1. The van der Waals surface area contributed by atoms with Crippen molar-refractivity contribution < 1.29 is 13.2 Å². The van der Waals surface area contributed by atoms with Gasteiger partial charge in [0.05, 0.1) is 21.5 Å². The van der Waals surface area contributed by atoms with Gasteiger partial charge in [-0.1, -0.05) is 47.0 Å². The molecule has 1 aliphatic carbocycles. The molecule has 1 aliphatic rings. The molecular formula is C21H24Cl2N2O3S. The number of nitrogens with zero attached hydrogens (tertiary/aromatic N) is 1. The SMILES string of the molecule is Cc1cc(C)c(S(=O)(=O)N(CC(=O)NC2CC2)Cc2ccc(Cl)c(Cl)c2)c(C)c1. The van der Waals surface area contributed by atoms with E-state index in [-0.39, 0.29) is 29.9 Å². The molecule has 156 valence electrons. The minimum atomic E-state index is -3.91. The molecule has 8 heteroatoms. The molecule has 1 saturated carbocycles. The van der Waals surface area contributed by atoms with Crippen molar-refractivity contribution in [1.82, 2.24) is 9.62 Å². The molecule has 0 aliphatic heterocycles. The highest BCUT2D eigenvalue weighted by molar-refractivity contribution is 7.89. The second-order valence-corrected chi connectivity index (χ2v) is 10.3. The van der Waals surface area contributed by atoms with E-state index in [2.05, 4.69) is 5.32 Å². The lowest BCUT2D eigenvalue weighted by Gasteiger charge is -2.24. The average molecular weight is 455 g/mol. The quantitative estimate of drug-likeness (QED) is 0.674. The Balaban J connectivity index is 1.98. The van der Waals surface area contributed by atoms with Gasteiger partial charge in [-0.15, -0.1) is 0 Å². The lowest BCUT2D eigenvalue weighted by atomic mass is 10.1. The fourth-order valence-corrected chi connectivity index (χ4v) is 5.55. The standard InChI is InChI=1S/C21H24Cl2N2O3S/c1-13-8-14(2)21(15(3)9-13)29(27,28)25(12-20(26)24-17-5-6-17)11-16-4-7-18(22)19(23)10-16/h4,7-10,17H,5-6,11-12H2,1-3H3,(H,24,26). The van der Waals surface area contributed by atoms with E-state index in [4.69, 9.17) is 23.2 Å². The van der Waals surface area contributed by atoms with Crippen LogP contribution in [0.2, 0.25) is 10.0 Å². The van der Waals surface area contributed by atoms with Gasteiger partial charge in [0.1, 0.15) is 0 Å². The minimum Gasteiger partial charge on any atom is -0.352 e. The lowest BCUT2D eigenvalue weighted by Crippen LogP contribution is -2.41. The van der Waals surface area contributed by atoms with Crippen molar-refractivity contribution in [3.63, 3.8) is 0 Å². The Morgan fingerprint density at radius 1 is 1.07 bits per heavy atom. The molecule has 2 aromatic carbocycles. The van der Waals surface area contributed by atoms with Crippen LogP contribution in [-0.2, 0) is 21.4 Å². The number of rotatable bonds is 7. The smallest absolute Gasteiger partial charge is 0.244 e. The van der Waals surface area contributed by atoms with E-state index in [0.717, 1.165) is 18.4 Å². The van der Waals surface area contributed by atoms with Crippen molar-refractivity contribution in [3.8, 4) is 0 Å². The molecule has 0 atom stereocenters. The summed E-state index contributed by atoms with van der Waals surface area (Å²) in [6.07, 6.45) is 1.86. The highest BCUT2D eigenvalue weighted by atomic mass is 35.5. The molecule has 0 unspecified atom stereocenters. The summed E-state index contributed by atoms with van der Waals surface area (Å²) in [7, 11) is -3.91. The van der Waals surface area contributed by atoms with E-state index in [1.807, 2.05) is 19.1 Å². The van der Waals surface area contributed by atoms with Crippen LogP contribution in [-0.4, -0.2) is 31.2 Å². The Hall–Kier alpha value is -1.60. The number of amides is 1. The summed E-state index contributed by atoms with van der Waals surface area (Å²) < 4.78 is 28.3. The summed E-state index contributed by atoms with van der Waals surface area (Å²) in [6, 6.07) is 8.78. The molecule has 0 bridgehead atoms. The molecule has 29 heavy (non-hydrogen) atoms. The first-order valence-electron chi connectivity index (χ1n) is 9.39. The monoisotopic (exact) mass is 454 g/mol. The van der Waals surface area contributed by atoms with Gasteiger partial charge in [-0.25, -0.2) is 8.42 Å². The van der Waals surface area contributed by atoms with Crippen LogP contribution < -0.4 is 5.32 Å². The second-order valence-electron chi connectivity index (χ2n) is 7.59. The zero-order valence-electron chi connectivity index (χ0n) is 16.6. The molecule has 0 heterocycles. The number of sulfonamides is 1. The molecule has 1 N–H and O–H groups in total.